The molecule has 1 aliphatic heterocycles. The van der Waals surface area contributed by atoms with E-state index in [4.69, 9.17) is 36.1 Å². The topological polar surface area (TPSA) is 103 Å². The Hall–Kier alpha value is -5.43. The number of fused-ring (bicyclic) bond motifs is 1. The highest BCUT2D eigenvalue weighted by molar-refractivity contribution is 7.07. The molecule has 0 saturated carbocycles. The second kappa shape index (κ2) is 13.9. The highest BCUT2D eigenvalue weighted by Gasteiger charge is 2.35. The normalized spacial score (nSPS) is 14.2. The average molecular weight is 662 g/mol. The summed E-state index contributed by atoms with van der Waals surface area (Å²) in [6.45, 7) is 2.14. The van der Waals surface area contributed by atoms with Gasteiger partial charge in [-0.1, -0.05) is 77.5 Å². The summed E-state index contributed by atoms with van der Waals surface area (Å²) < 4.78 is 19.1. The highest BCUT2D eigenvalue weighted by Crippen LogP contribution is 2.36. The number of hydrogen-bond donors (Lipinski definition) is 0. The molecule has 2 heterocycles. The van der Waals surface area contributed by atoms with Crippen molar-refractivity contribution in [1.29, 1.82) is 5.26 Å². The van der Waals surface area contributed by atoms with Crippen molar-refractivity contribution in [3.63, 3.8) is 0 Å². The Morgan fingerprint density at radius 2 is 1.83 bits per heavy atom. The Bertz CT molecular complexity index is 2220. The van der Waals surface area contributed by atoms with Crippen molar-refractivity contribution in [3.05, 3.63) is 155 Å². The third kappa shape index (κ3) is 6.61. The Morgan fingerprint density at radius 1 is 1.04 bits per heavy atom. The summed E-state index contributed by atoms with van der Waals surface area (Å²) in [6, 6.07) is 30.2. The zero-order valence-electron chi connectivity index (χ0n) is 25.5. The van der Waals surface area contributed by atoms with Gasteiger partial charge in [-0.05, 0) is 66.6 Å². The molecule has 6 rings (SSSR count). The third-order valence-electron chi connectivity index (χ3n) is 7.52. The number of halogens is 1. The number of carbonyl (C=O) groups excluding carboxylic acids is 1. The van der Waals surface area contributed by atoms with Gasteiger partial charge in [0.2, 0.25) is 0 Å². The predicted octanol–water partition coefficient (Wildman–Crippen LogP) is 6.05. The van der Waals surface area contributed by atoms with Gasteiger partial charge in [0.1, 0.15) is 18.1 Å². The quantitative estimate of drug-likeness (QED) is 0.178. The van der Waals surface area contributed by atoms with Crippen LogP contribution in [0.5, 0.6) is 11.5 Å². The second-order valence-corrected chi connectivity index (χ2v) is 11.9. The first kappa shape index (κ1) is 31.5. The van der Waals surface area contributed by atoms with Gasteiger partial charge in [0.25, 0.3) is 5.56 Å². The number of nitriles is 1. The van der Waals surface area contributed by atoms with Gasteiger partial charge in [-0.25, -0.2) is 9.79 Å². The molecule has 0 amide bonds. The monoisotopic (exact) mass is 661 g/mol. The van der Waals surface area contributed by atoms with Crippen molar-refractivity contribution in [1.82, 2.24) is 4.57 Å². The Morgan fingerprint density at radius 3 is 2.55 bits per heavy atom. The summed E-state index contributed by atoms with van der Waals surface area (Å²) in [6.07, 6.45) is 1.72. The maximum atomic E-state index is 14.3. The van der Waals surface area contributed by atoms with E-state index in [9.17, 15) is 9.59 Å². The fraction of sp³-hybridized carbons (Fsp3) is 0.135. The second-order valence-electron chi connectivity index (χ2n) is 10.5. The summed E-state index contributed by atoms with van der Waals surface area (Å²) in [4.78, 5) is 33.4. The van der Waals surface area contributed by atoms with Crippen LogP contribution in [-0.4, -0.2) is 24.3 Å². The van der Waals surface area contributed by atoms with Gasteiger partial charge < -0.3 is 14.2 Å². The first-order chi connectivity index (χ1) is 22.9. The molecule has 0 unspecified atom stereocenters. The van der Waals surface area contributed by atoms with Gasteiger partial charge in [0.15, 0.2) is 4.80 Å². The van der Waals surface area contributed by atoms with Gasteiger partial charge in [0, 0.05) is 16.1 Å². The Balaban J connectivity index is 1.53. The number of benzene rings is 4. The van der Waals surface area contributed by atoms with Crippen LogP contribution in [0.2, 0.25) is 5.02 Å². The molecule has 5 aromatic rings. The van der Waals surface area contributed by atoms with Crippen LogP contribution in [0.3, 0.4) is 0 Å². The first-order valence-electron chi connectivity index (χ1n) is 14.7. The van der Waals surface area contributed by atoms with Crippen LogP contribution in [0.1, 0.15) is 40.8 Å². The van der Waals surface area contributed by atoms with E-state index < -0.39 is 12.0 Å². The van der Waals surface area contributed by atoms with Gasteiger partial charge >= 0.3 is 5.97 Å². The molecule has 234 valence electrons. The highest BCUT2D eigenvalue weighted by atomic mass is 35.5. The zero-order chi connectivity index (χ0) is 32.9. The van der Waals surface area contributed by atoms with E-state index >= 15 is 0 Å². The van der Waals surface area contributed by atoms with Gasteiger partial charge in [-0.3, -0.25) is 9.36 Å². The molecule has 1 aliphatic rings. The van der Waals surface area contributed by atoms with E-state index in [0.717, 1.165) is 11.1 Å². The van der Waals surface area contributed by atoms with Gasteiger partial charge in [-0.2, -0.15) is 5.26 Å². The summed E-state index contributed by atoms with van der Waals surface area (Å²) in [5, 5.41) is 9.58. The van der Waals surface area contributed by atoms with Crippen LogP contribution in [-0.2, 0) is 16.1 Å². The zero-order valence-corrected chi connectivity index (χ0v) is 27.0. The van der Waals surface area contributed by atoms with Crippen LogP contribution < -0.4 is 24.4 Å². The number of hydrogen-bond acceptors (Lipinski definition) is 8. The Labute approximate surface area is 279 Å². The van der Waals surface area contributed by atoms with Crippen molar-refractivity contribution in [2.24, 2.45) is 4.99 Å². The summed E-state index contributed by atoms with van der Waals surface area (Å²) in [5.74, 6) is 0.533. The SMILES string of the molecule is CCOC(=O)C1=C(c2ccccc2)N=c2s/c(=C\c3cc(Cl)ccc3OCc3ccc(C#N)cc3)c(=O)n2[C@H]1c1cccc(OC)c1. The van der Waals surface area contributed by atoms with Crippen molar-refractivity contribution < 1.29 is 19.0 Å². The summed E-state index contributed by atoms with van der Waals surface area (Å²) in [5.41, 5.74) is 3.76. The fourth-order valence-electron chi connectivity index (χ4n) is 5.31. The molecule has 0 N–H and O–H groups in total. The number of methoxy groups -OCH3 is 1. The van der Waals surface area contributed by atoms with E-state index in [1.165, 1.54) is 15.9 Å². The predicted molar refractivity (Wildman–Crippen MR) is 181 cm³/mol. The molecule has 10 heteroatoms. The maximum absolute atomic E-state index is 14.3. The lowest BCUT2D eigenvalue weighted by molar-refractivity contribution is -0.138. The van der Waals surface area contributed by atoms with Gasteiger partial charge in [0.05, 0.1) is 47.2 Å². The Kier molecular flexibility index (Phi) is 9.34. The van der Waals surface area contributed by atoms with Crippen LogP contribution in [0.4, 0.5) is 0 Å². The van der Waals surface area contributed by atoms with Crippen LogP contribution in [0.25, 0.3) is 11.8 Å². The fourth-order valence-corrected chi connectivity index (χ4v) is 6.48. The lowest BCUT2D eigenvalue weighted by Gasteiger charge is -2.26. The van der Waals surface area contributed by atoms with E-state index in [2.05, 4.69) is 6.07 Å². The van der Waals surface area contributed by atoms with E-state index in [-0.39, 0.29) is 24.3 Å². The molecule has 47 heavy (non-hydrogen) atoms. The molecule has 0 bridgehead atoms. The average Bonchev–Trinajstić information content (AvgIpc) is 3.41. The minimum atomic E-state index is -0.843. The molecule has 1 atom stereocenters. The van der Waals surface area contributed by atoms with Crippen LogP contribution >= 0.6 is 22.9 Å². The van der Waals surface area contributed by atoms with Gasteiger partial charge in [-0.15, -0.1) is 0 Å². The van der Waals surface area contributed by atoms with E-state index in [1.807, 2.05) is 54.6 Å². The maximum Gasteiger partial charge on any atom is 0.338 e. The smallest absolute Gasteiger partial charge is 0.338 e. The molecular formula is C37H28ClN3O5S. The number of rotatable bonds is 9. The number of nitrogens with zero attached hydrogens (tertiary/aromatic N) is 3. The molecule has 1 aromatic heterocycles. The summed E-state index contributed by atoms with van der Waals surface area (Å²) in [7, 11) is 1.56. The van der Waals surface area contributed by atoms with Crippen molar-refractivity contribution in [2.45, 2.75) is 19.6 Å². The van der Waals surface area contributed by atoms with Crippen LogP contribution in [0, 0.1) is 11.3 Å². The molecule has 0 spiro atoms. The third-order valence-corrected chi connectivity index (χ3v) is 8.74. The molecule has 0 radical (unpaired) electrons. The van der Waals surface area contributed by atoms with E-state index in [0.29, 0.717) is 48.2 Å². The van der Waals surface area contributed by atoms with Crippen LogP contribution in [0.15, 0.2) is 112 Å². The standard InChI is InChI=1S/C37H28ClN3O5S/c1-3-45-36(43)32-33(25-8-5-4-6-9-25)40-37-41(34(32)26-10-7-11-29(19-26)44-2)35(42)31(47-37)20-27-18-28(38)16-17-30(27)46-22-24-14-12-23(21-39)13-15-24/h4-20,34H,3,22H2,1-2H3/b31-20-/t34-/m0/s1. The number of aromatic nitrogens is 1. The van der Waals surface area contributed by atoms with E-state index in [1.54, 1.807) is 62.6 Å². The molecular weight excluding hydrogens is 634 g/mol. The number of esters is 1. The molecule has 0 saturated heterocycles. The largest absolute Gasteiger partial charge is 0.497 e. The molecule has 0 aliphatic carbocycles. The lowest BCUT2D eigenvalue weighted by atomic mass is 9.93. The first-order valence-corrected chi connectivity index (χ1v) is 15.9. The number of carbonyl (C=O) groups is 1. The molecule has 8 nitrogen and oxygen atoms in total. The van der Waals surface area contributed by atoms with Crippen molar-refractivity contribution >= 4 is 40.7 Å². The molecule has 0 fully saturated rings. The number of thiazole rings is 1. The minimum Gasteiger partial charge on any atom is -0.497 e. The lowest BCUT2D eigenvalue weighted by Crippen LogP contribution is -2.40. The van der Waals surface area contributed by atoms with Crippen molar-refractivity contribution in [3.8, 4) is 17.6 Å². The minimum absolute atomic E-state index is 0.152. The molecule has 4 aromatic carbocycles. The summed E-state index contributed by atoms with van der Waals surface area (Å²) >= 11 is 7.61. The number of ether oxygens (including phenoxy) is 3. The van der Waals surface area contributed by atoms with Crippen molar-refractivity contribution in [2.75, 3.05) is 13.7 Å².